The number of nitrogens with one attached hydrogen (secondary N) is 1. The highest BCUT2D eigenvalue weighted by molar-refractivity contribution is 9.10. The van der Waals surface area contributed by atoms with Crippen molar-refractivity contribution in [1.82, 2.24) is 5.32 Å². The van der Waals surface area contributed by atoms with E-state index in [1.165, 1.54) is 0 Å². The van der Waals surface area contributed by atoms with E-state index in [2.05, 4.69) is 21.2 Å². The normalized spacial score (nSPS) is 12.2. The third-order valence-corrected chi connectivity index (χ3v) is 6.19. The van der Waals surface area contributed by atoms with E-state index >= 15 is 0 Å². The lowest BCUT2D eigenvalue weighted by Crippen LogP contribution is -2.36. The van der Waals surface area contributed by atoms with Gasteiger partial charge in [-0.15, -0.1) is 0 Å². The number of hydrogen-bond acceptors (Lipinski definition) is 3. The first-order chi connectivity index (χ1) is 9.04. The van der Waals surface area contributed by atoms with Gasteiger partial charge in [-0.1, -0.05) is 27.5 Å². The second kappa shape index (κ2) is 6.45. The zero-order valence-corrected chi connectivity index (χ0v) is 14.7. The molecule has 0 atom stereocenters. The monoisotopic (exact) mass is 381 g/mol. The fourth-order valence-corrected chi connectivity index (χ4v) is 2.92. The van der Waals surface area contributed by atoms with Crippen LogP contribution in [0.25, 0.3) is 0 Å². The number of hydrogen-bond donors (Lipinski definition) is 1. The summed E-state index contributed by atoms with van der Waals surface area (Å²) in [4.78, 5) is 11.9. The van der Waals surface area contributed by atoms with Gasteiger partial charge in [-0.3, -0.25) is 4.79 Å². The Kier molecular flexibility index (Phi) is 5.63. The van der Waals surface area contributed by atoms with Gasteiger partial charge in [0.25, 0.3) is 5.91 Å². The van der Waals surface area contributed by atoms with Gasteiger partial charge < -0.3 is 5.32 Å². The lowest BCUT2D eigenvalue weighted by molar-refractivity contribution is 0.0956. The van der Waals surface area contributed by atoms with Gasteiger partial charge in [-0.05, 0) is 39.0 Å². The maximum absolute atomic E-state index is 11.9. The smallest absolute Gasteiger partial charge is 0.252 e. The Morgan fingerprint density at radius 1 is 1.35 bits per heavy atom. The Hall–Kier alpha value is -0.590. The van der Waals surface area contributed by atoms with Gasteiger partial charge in [0.15, 0.2) is 9.84 Å². The van der Waals surface area contributed by atoms with Crippen molar-refractivity contribution in [3.63, 3.8) is 0 Å². The Morgan fingerprint density at radius 2 is 1.95 bits per heavy atom. The summed E-state index contributed by atoms with van der Waals surface area (Å²) in [5.74, 6) is -0.492. The van der Waals surface area contributed by atoms with Gasteiger partial charge in [0.2, 0.25) is 0 Å². The summed E-state index contributed by atoms with van der Waals surface area (Å²) in [5.41, 5.74) is 0.314. The third kappa shape index (κ3) is 4.46. The molecular formula is C13H17BrClNO3S. The maximum Gasteiger partial charge on any atom is 0.252 e. The number of halogens is 2. The Bertz CT molecular complexity index is 609. The number of carbonyl (C=O) groups is 1. The minimum Gasteiger partial charge on any atom is -0.351 e. The molecule has 1 rings (SSSR count). The van der Waals surface area contributed by atoms with E-state index in [1.54, 1.807) is 39.0 Å². The lowest BCUT2D eigenvalue weighted by atomic mass is 10.2. The standard InChI is InChI=1S/C13H17BrClNO3S/c1-13(2,3)20(18,19)7-6-16-12(17)10-8-9(14)4-5-11(10)15/h4-5,8H,6-7H2,1-3H3,(H,16,17). The molecule has 20 heavy (non-hydrogen) atoms. The summed E-state index contributed by atoms with van der Waals surface area (Å²) in [5, 5.41) is 2.90. The van der Waals surface area contributed by atoms with Crippen molar-refractivity contribution < 1.29 is 13.2 Å². The average Bonchev–Trinajstić information content (AvgIpc) is 2.30. The molecule has 0 radical (unpaired) electrons. The molecule has 4 nitrogen and oxygen atoms in total. The van der Waals surface area contributed by atoms with Crippen molar-refractivity contribution in [1.29, 1.82) is 0 Å². The van der Waals surface area contributed by atoms with Crippen LogP contribution >= 0.6 is 27.5 Å². The van der Waals surface area contributed by atoms with Crippen molar-refractivity contribution in [3.8, 4) is 0 Å². The second-order valence-corrected chi connectivity index (χ2v) is 9.50. The minimum atomic E-state index is -3.25. The molecule has 0 fully saturated rings. The van der Waals surface area contributed by atoms with Crippen LogP contribution < -0.4 is 5.32 Å². The first-order valence-corrected chi connectivity index (χ1v) is 8.82. The Morgan fingerprint density at radius 3 is 2.50 bits per heavy atom. The highest BCUT2D eigenvalue weighted by atomic mass is 79.9. The average molecular weight is 383 g/mol. The highest BCUT2D eigenvalue weighted by Crippen LogP contribution is 2.21. The van der Waals surface area contributed by atoms with Gasteiger partial charge in [0, 0.05) is 11.0 Å². The van der Waals surface area contributed by atoms with Crippen molar-refractivity contribution in [2.24, 2.45) is 0 Å². The largest absolute Gasteiger partial charge is 0.351 e. The molecule has 0 aliphatic heterocycles. The quantitative estimate of drug-likeness (QED) is 0.870. The molecule has 112 valence electrons. The molecule has 0 saturated heterocycles. The van der Waals surface area contributed by atoms with E-state index in [4.69, 9.17) is 11.6 Å². The summed E-state index contributed by atoms with van der Waals surface area (Å²) in [6, 6.07) is 4.92. The molecule has 1 amide bonds. The second-order valence-electron chi connectivity index (χ2n) is 5.31. The Labute approximate surface area is 132 Å². The van der Waals surface area contributed by atoms with Crippen molar-refractivity contribution in [2.45, 2.75) is 25.5 Å². The van der Waals surface area contributed by atoms with Gasteiger partial charge in [0.1, 0.15) is 0 Å². The molecule has 0 aromatic heterocycles. The van der Waals surface area contributed by atoms with E-state index in [0.29, 0.717) is 10.6 Å². The van der Waals surface area contributed by atoms with Crippen molar-refractivity contribution >= 4 is 43.3 Å². The molecule has 0 spiro atoms. The zero-order valence-electron chi connectivity index (χ0n) is 11.5. The molecule has 0 saturated carbocycles. The summed E-state index contributed by atoms with van der Waals surface area (Å²) >= 11 is 9.19. The fraction of sp³-hybridized carbons (Fsp3) is 0.462. The van der Waals surface area contributed by atoms with Crippen LogP contribution in [-0.4, -0.2) is 31.4 Å². The van der Waals surface area contributed by atoms with Crippen LogP contribution in [-0.2, 0) is 9.84 Å². The maximum atomic E-state index is 11.9. The Balaban J connectivity index is 2.68. The molecule has 0 heterocycles. The topological polar surface area (TPSA) is 63.2 Å². The van der Waals surface area contributed by atoms with Crippen LogP contribution in [0.1, 0.15) is 31.1 Å². The zero-order chi connectivity index (χ0) is 15.6. The SMILES string of the molecule is CC(C)(C)S(=O)(=O)CCNC(=O)c1cc(Br)ccc1Cl. The molecule has 0 aliphatic carbocycles. The van der Waals surface area contributed by atoms with E-state index < -0.39 is 14.6 Å². The van der Waals surface area contributed by atoms with E-state index in [9.17, 15) is 13.2 Å². The van der Waals surface area contributed by atoms with Crippen LogP contribution in [0.15, 0.2) is 22.7 Å². The number of rotatable bonds is 4. The van der Waals surface area contributed by atoms with Crippen LogP contribution in [0.4, 0.5) is 0 Å². The van der Waals surface area contributed by atoms with Crippen LogP contribution in [0.5, 0.6) is 0 Å². The molecule has 1 aromatic carbocycles. The first-order valence-electron chi connectivity index (χ1n) is 6.00. The summed E-state index contributed by atoms with van der Waals surface area (Å²) in [6.45, 7) is 4.96. The van der Waals surface area contributed by atoms with Crippen LogP contribution in [0, 0.1) is 0 Å². The van der Waals surface area contributed by atoms with Gasteiger partial charge >= 0.3 is 0 Å². The third-order valence-electron chi connectivity index (χ3n) is 2.76. The van der Waals surface area contributed by atoms with Crippen molar-refractivity contribution in [2.75, 3.05) is 12.3 Å². The predicted molar refractivity (Wildman–Crippen MR) is 85.0 cm³/mol. The van der Waals surface area contributed by atoms with Gasteiger partial charge in [0.05, 0.1) is 21.1 Å². The van der Waals surface area contributed by atoms with E-state index in [-0.39, 0.29) is 18.2 Å². The van der Waals surface area contributed by atoms with Gasteiger partial charge in [-0.2, -0.15) is 0 Å². The van der Waals surface area contributed by atoms with Crippen LogP contribution in [0.2, 0.25) is 5.02 Å². The van der Waals surface area contributed by atoms with Crippen LogP contribution in [0.3, 0.4) is 0 Å². The fourth-order valence-electron chi connectivity index (χ4n) is 1.37. The first kappa shape index (κ1) is 17.5. The summed E-state index contributed by atoms with van der Waals surface area (Å²) in [7, 11) is -3.25. The molecule has 0 aliphatic rings. The number of benzene rings is 1. The summed E-state index contributed by atoms with van der Waals surface area (Å²) in [6.07, 6.45) is 0. The number of carbonyl (C=O) groups excluding carboxylic acids is 1. The number of amides is 1. The molecule has 1 N–H and O–H groups in total. The predicted octanol–water partition coefficient (Wildman–Crippen LogP) is 3.05. The molecular weight excluding hydrogens is 366 g/mol. The molecule has 0 unspecified atom stereocenters. The van der Waals surface area contributed by atoms with Crippen molar-refractivity contribution in [3.05, 3.63) is 33.3 Å². The summed E-state index contributed by atoms with van der Waals surface area (Å²) < 4.78 is 23.7. The highest BCUT2D eigenvalue weighted by Gasteiger charge is 2.28. The van der Waals surface area contributed by atoms with Gasteiger partial charge in [-0.25, -0.2) is 8.42 Å². The molecule has 1 aromatic rings. The minimum absolute atomic E-state index is 0.0568. The molecule has 7 heteroatoms. The number of sulfone groups is 1. The lowest BCUT2D eigenvalue weighted by Gasteiger charge is -2.19. The van der Waals surface area contributed by atoms with E-state index in [0.717, 1.165) is 4.47 Å². The molecule has 0 bridgehead atoms. The van der Waals surface area contributed by atoms with E-state index in [1.807, 2.05) is 0 Å².